The van der Waals surface area contributed by atoms with Crippen LogP contribution in [0.1, 0.15) is 10.4 Å². The molecule has 0 spiro atoms. The summed E-state index contributed by atoms with van der Waals surface area (Å²) >= 11 is 3.06. The predicted octanol–water partition coefficient (Wildman–Crippen LogP) is 1.76. The van der Waals surface area contributed by atoms with E-state index < -0.39 is 11.9 Å². The van der Waals surface area contributed by atoms with E-state index in [-0.39, 0.29) is 11.3 Å². The van der Waals surface area contributed by atoms with Crippen LogP contribution in [-0.4, -0.2) is 31.6 Å². The van der Waals surface area contributed by atoms with E-state index in [4.69, 9.17) is 4.74 Å². The highest BCUT2D eigenvalue weighted by Gasteiger charge is 2.25. The molecule has 1 N–H and O–H groups in total. The Hall–Kier alpha value is -0.780. The average molecular weight is 288 g/mol. The lowest BCUT2D eigenvalue weighted by molar-refractivity contribution is 0.0605. The van der Waals surface area contributed by atoms with Gasteiger partial charge in [-0.2, -0.15) is 0 Å². The molecule has 2 rings (SSSR count). The normalized spacial score (nSPS) is 20.8. The van der Waals surface area contributed by atoms with Gasteiger partial charge in [0.25, 0.3) is 0 Å². The van der Waals surface area contributed by atoms with Gasteiger partial charge in [-0.15, -0.1) is 0 Å². The molecule has 0 aliphatic carbocycles. The van der Waals surface area contributed by atoms with E-state index in [2.05, 4.69) is 21.2 Å². The van der Waals surface area contributed by atoms with Crippen LogP contribution in [0.25, 0.3) is 0 Å². The molecule has 0 bridgehead atoms. The molecule has 1 heterocycles. The number of benzene rings is 1. The van der Waals surface area contributed by atoms with Gasteiger partial charge in [0.2, 0.25) is 0 Å². The third kappa shape index (κ3) is 2.31. The first kappa shape index (κ1) is 11.7. The smallest absolute Gasteiger partial charge is 0.185 e. The molecular weight excluding hydrogens is 277 g/mol. The number of rotatable bonds is 2. The van der Waals surface area contributed by atoms with Crippen LogP contribution in [0.2, 0.25) is 0 Å². The maximum absolute atomic E-state index is 13.7. The van der Waals surface area contributed by atoms with Crippen LogP contribution in [0.3, 0.4) is 0 Å². The molecule has 0 amide bonds. The second-order valence-corrected chi connectivity index (χ2v) is 4.40. The Morgan fingerprint density at radius 3 is 3.06 bits per heavy atom. The summed E-state index contributed by atoms with van der Waals surface area (Å²) in [5, 5.41) is 3.01. The number of Topliss-reactive ketones (excluding diaryl/α,β-unsaturated/α-hetero) is 1. The van der Waals surface area contributed by atoms with Crippen molar-refractivity contribution in [2.75, 3.05) is 19.8 Å². The minimum atomic E-state index is -0.514. The molecule has 0 radical (unpaired) electrons. The van der Waals surface area contributed by atoms with Gasteiger partial charge in [0.15, 0.2) is 5.78 Å². The van der Waals surface area contributed by atoms with Crippen molar-refractivity contribution in [2.45, 2.75) is 6.04 Å². The van der Waals surface area contributed by atoms with Crippen LogP contribution in [0.15, 0.2) is 22.7 Å². The van der Waals surface area contributed by atoms with Gasteiger partial charge in [0, 0.05) is 6.54 Å². The lowest BCUT2D eigenvalue weighted by Crippen LogP contribution is -2.46. The quantitative estimate of drug-likeness (QED) is 0.843. The molecule has 1 unspecified atom stereocenters. The minimum Gasteiger partial charge on any atom is -0.378 e. The zero-order chi connectivity index (χ0) is 11.5. The summed E-state index contributed by atoms with van der Waals surface area (Å²) < 4.78 is 19.1. The van der Waals surface area contributed by atoms with E-state index in [0.717, 1.165) is 0 Å². The largest absolute Gasteiger partial charge is 0.378 e. The Labute approximate surface area is 101 Å². The Morgan fingerprint density at radius 2 is 2.38 bits per heavy atom. The maximum Gasteiger partial charge on any atom is 0.185 e. The van der Waals surface area contributed by atoms with Crippen molar-refractivity contribution in [2.24, 2.45) is 0 Å². The van der Waals surface area contributed by atoms with Gasteiger partial charge in [-0.25, -0.2) is 4.39 Å². The molecule has 1 aromatic rings. The first-order chi connectivity index (χ1) is 7.70. The number of ether oxygens (including phenoxy) is 1. The Bertz CT molecular complexity index is 405. The Morgan fingerprint density at radius 1 is 1.56 bits per heavy atom. The molecule has 1 aliphatic rings. The fourth-order valence-electron chi connectivity index (χ4n) is 1.62. The van der Waals surface area contributed by atoms with E-state index in [0.29, 0.717) is 24.2 Å². The molecule has 3 nitrogen and oxygen atoms in total. The number of nitrogens with one attached hydrogen (secondary N) is 1. The van der Waals surface area contributed by atoms with Crippen molar-refractivity contribution in [3.05, 3.63) is 34.1 Å². The number of halogens is 2. The van der Waals surface area contributed by atoms with Crippen molar-refractivity contribution in [1.29, 1.82) is 0 Å². The number of carbonyl (C=O) groups is 1. The summed E-state index contributed by atoms with van der Waals surface area (Å²) in [5.41, 5.74) is 0.0948. The summed E-state index contributed by atoms with van der Waals surface area (Å²) in [6.07, 6.45) is 0. The van der Waals surface area contributed by atoms with E-state index in [9.17, 15) is 9.18 Å². The highest BCUT2D eigenvalue weighted by atomic mass is 79.9. The van der Waals surface area contributed by atoms with Crippen LogP contribution in [0.4, 0.5) is 4.39 Å². The first-order valence-corrected chi connectivity index (χ1v) is 5.79. The summed E-state index contributed by atoms with van der Waals surface area (Å²) in [6.45, 7) is 1.50. The second kappa shape index (κ2) is 5.03. The van der Waals surface area contributed by atoms with Crippen LogP contribution in [-0.2, 0) is 4.74 Å². The first-order valence-electron chi connectivity index (χ1n) is 4.99. The van der Waals surface area contributed by atoms with Crippen molar-refractivity contribution < 1.29 is 13.9 Å². The van der Waals surface area contributed by atoms with Crippen LogP contribution < -0.4 is 5.32 Å². The summed E-state index contributed by atoms with van der Waals surface area (Å²) in [4.78, 5) is 12.0. The molecule has 1 saturated heterocycles. The van der Waals surface area contributed by atoms with Crippen molar-refractivity contribution in [3.8, 4) is 0 Å². The Balaban J connectivity index is 2.22. The van der Waals surface area contributed by atoms with Gasteiger partial charge in [0.1, 0.15) is 5.82 Å². The summed E-state index contributed by atoms with van der Waals surface area (Å²) in [6, 6.07) is 4.25. The molecule has 1 aromatic carbocycles. The number of hydrogen-bond acceptors (Lipinski definition) is 3. The second-order valence-electron chi connectivity index (χ2n) is 3.55. The van der Waals surface area contributed by atoms with Gasteiger partial charge < -0.3 is 10.1 Å². The predicted molar refractivity (Wildman–Crippen MR) is 61.0 cm³/mol. The lowest BCUT2D eigenvalue weighted by atomic mass is 10.0. The molecule has 1 atom stereocenters. The van der Waals surface area contributed by atoms with Crippen LogP contribution in [0, 0.1) is 5.82 Å². The third-order valence-electron chi connectivity index (χ3n) is 2.46. The Kier molecular flexibility index (Phi) is 3.68. The average Bonchev–Trinajstić information content (AvgIpc) is 2.33. The van der Waals surface area contributed by atoms with E-state index in [1.165, 1.54) is 6.07 Å². The monoisotopic (exact) mass is 287 g/mol. The molecule has 0 saturated carbocycles. The summed E-state index contributed by atoms with van der Waals surface area (Å²) in [5.74, 6) is -0.779. The highest BCUT2D eigenvalue weighted by Crippen LogP contribution is 2.20. The molecular formula is C11H11BrFNO2. The fraction of sp³-hybridized carbons (Fsp3) is 0.364. The minimum absolute atomic E-state index is 0.0948. The maximum atomic E-state index is 13.7. The van der Waals surface area contributed by atoms with Gasteiger partial charge in [-0.1, -0.05) is 6.07 Å². The van der Waals surface area contributed by atoms with Gasteiger partial charge in [-0.3, -0.25) is 4.79 Å². The summed E-state index contributed by atoms with van der Waals surface area (Å²) in [7, 11) is 0. The molecule has 1 aliphatic heterocycles. The van der Waals surface area contributed by atoms with E-state index >= 15 is 0 Å². The van der Waals surface area contributed by atoms with Gasteiger partial charge in [0.05, 0.1) is 29.3 Å². The lowest BCUT2D eigenvalue weighted by Gasteiger charge is -2.22. The van der Waals surface area contributed by atoms with Gasteiger partial charge >= 0.3 is 0 Å². The topological polar surface area (TPSA) is 38.3 Å². The fourth-order valence-corrected chi connectivity index (χ4v) is 1.98. The van der Waals surface area contributed by atoms with Crippen LogP contribution >= 0.6 is 15.9 Å². The number of morpholine rings is 1. The number of ketones is 1. The standard InChI is InChI=1S/C11H11BrFNO2/c12-8-3-1-2-7(10(8)13)11(15)9-6-16-5-4-14-9/h1-3,9,14H,4-6H2. The van der Waals surface area contributed by atoms with Crippen molar-refractivity contribution in [3.63, 3.8) is 0 Å². The molecule has 0 aromatic heterocycles. The SMILES string of the molecule is O=C(c1cccc(Br)c1F)C1COCCN1. The molecule has 16 heavy (non-hydrogen) atoms. The third-order valence-corrected chi connectivity index (χ3v) is 3.07. The highest BCUT2D eigenvalue weighted by molar-refractivity contribution is 9.10. The van der Waals surface area contributed by atoms with Gasteiger partial charge in [-0.05, 0) is 28.1 Å². The van der Waals surface area contributed by atoms with Crippen LogP contribution in [0.5, 0.6) is 0 Å². The zero-order valence-corrected chi connectivity index (χ0v) is 10.1. The van der Waals surface area contributed by atoms with Crippen molar-refractivity contribution in [1.82, 2.24) is 5.32 Å². The number of hydrogen-bond donors (Lipinski definition) is 1. The van der Waals surface area contributed by atoms with E-state index in [1.54, 1.807) is 12.1 Å². The molecule has 5 heteroatoms. The van der Waals surface area contributed by atoms with Crippen molar-refractivity contribution >= 4 is 21.7 Å². The molecule has 86 valence electrons. The molecule has 1 fully saturated rings. The van der Waals surface area contributed by atoms with E-state index in [1.807, 2.05) is 0 Å². The number of carbonyl (C=O) groups excluding carboxylic acids is 1. The zero-order valence-electron chi connectivity index (χ0n) is 8.50.